The molecule has 0 spiro atoms. The van der Waals surface area contributed by atoms with Crippen LogP contribution in [0.1, 0.15) is 72.1 Å². The number of rotatable bonds is 14. The second kappa shape index (κ2) is 13.6. The number of unbranched alkanes of at least 4 members (excludes halogenated alkanes) is 4. The highest BCUT2D eigenvalue weighted by Gasteiger charge is 2.28. The molecule has 0 fully saturated rings. The molecule has 0 aliphatic carbocycles. The van der Waals surface area contributed by atoms with Gasteiger partial charge in [0.15, 0.2) is 0 Å². The highest BCUT2D eigenvalue weighted by molar-refractivity contribution is 5.90. The van der Waals surface area contributed by atoms with Crippen molar-refractivity contribution in [2.45, 2.75) is 84.2 Å². The van der Waals surface area contributed by atoms with Gasteiger partial charge >= 0.3 is 5.97 Å². The molecule has 0 aromatic rings. The average molecular weight is 357 g/mol. The minimum Gasteiger partial charge on any atom is -0.480 e. The van der Waals surface area contributed by atoms with Gasteiger partial charge < -0.3 is 21.5 Å². The van der Waals surface area contributed by atoms with Crippen LogP contribution in [-0.2, 0) is 14.4 Å². The predicted octanol–water partition coefficient (Wildman–Crippen LogP) is 1.80. The molecule has 25 heavy (non-hydrogen) atoms. The molecular formula is C18H35N3O4. The number of carbonyl (C=O) groups is 3. The average Bonchev–Trinajstić information content (AvgIpc) is 2.55. The quantitative estimate of drug-likeness (QED) is 0.353. The van der Waals surface area contributed by atoms with Crippen molar-refractivity contribution in [3.8, 4) is 0 Å². The molecule has 0 saturated carbocycles. The monoisotopic (exact) mass is 357 g/mol. The Labute approximate surface area is 151 Å². The van der Waals surface area contributed by atoms with E-state index >= 15 is 0 Å². The first kappa shape index (κ1) is 23.4. The fourth-order valence-corrected chi connectivity index (χ4v) is 2.51. The molecule has 5 N–H and O–H groups in total. The molecule has 0 bridgehead atoms. The lowest BCUT2D eigenvalue weighted by Gasteiger charge is -2.23. The van der Waals surface area contributed by atoms with Crippen molar-refractivity contribution < 1.29 is 19.5 Å². The number of carbonyl (C=O) groups excluding carboxylic acids is 2. The van der Waals surface area contributed by atoms with Crippen molar-refractivity contribution in [3.05, 3.63) is 0 Å². The molecule has 0 aromatic heterocycles. The van der Waals surface area contributed by atoms with Crippen LogP contribution >= 0.6 is 0 Å². The molecule has 0 aromatic carbocycles. The van der Waals surface area contributed by atoms with E-state index in [1.165, 1.54) is 0 Å². The Morgan fingerprint density at radius 1 is 1.00 bits per heavy atom. The van der Waals surface area contributed by atoms with Crippen LogP contribution in [0.25, 0.3) is 0 Å². The topological polar surface area (TPSA) is 122 Å². The number of nitrogens with one attached hydrogen (secondary N) is 2. The maximum Gasteiger partial charge on any atom is 0.326 e. The van der Waals surface area contributed by atoms with Gasteiger partial charge in [0.1, 0.15) is 12.1 Å². The summed E-state index contributed by atoms with van der Waals surface area (Å²) in [5.41, 5.74) is 5.49. The Kier molecular flexibility index (Phi) is 12.7. The molecule has 2 amide bonds. The number of hydrogen-bond donors (Lipinski definition) is 4. The van der Waals surface area contributed by atoms with Crippen molar-refractivity contribution in [2.75, 3.05) is 6.54 Å². The summed E-state index contributed by atoms with van der Waals surface area (Å²) in [4.78, 5) is 35.7. The highest BCUT2D eigenvalue weighted by atomic mass is 16.4. The largest absolute Gasteiger partial charge is 0.480 e. The molecule has 0 aliphatic rings. The maximum absolute atomic E-state index is 12.4. The number of amides is 2. The van der Waals surface area contributed by atoms with Gasteiger partial charge in [0, 0.05) is 6.42 Å². The Morgan fingerprint density at radius 2 is 1.64 bits per heavy atom. The van der Waals surface area contributed by atoms with Crippen LogP contribution in [-0.4, -0.2) is 41.5 Å². The van der Waals surface area contributed by atoms with Gasteiger partial charge in [-0.1, -0.05) is 46.5 Å². The summed E-state index contributed by atoms with van der Waals surface area (Å²) in [7, 11) is 0. The van der Waals surface area contributed by atoms with Gasteiger partial charge in [0.05, 0.1) is 0 Å². The van der Waals surface area contributed by atoms with E-state index in [9.17, 15) is 19.5 Å². The molecule has 2 atom stereocenters. The first-order valence-corrected chi connectivity index (χ1v) is 9.36. The molecule has 0 radical (unpaired) electrons. The van der Waals surface area contributed by atoms with Crippen LogP contribution < -0.4 is 16.4 Å². The van der Waals surface area contributed by atoms with Gasteiger partial charge in [0.2, 0.25) is 11.8 Å². The minimum atomic E-state index is -1.08. The Morgan fingerprint density at radius 3 is 2.16 bits per heavy atom. The van der Waals surface area contributed by atoms with Crippen molar-refractivity contribution in [3.63, 3.8) is 0 Å². The fourth-order valence-electron chi connectivity index (χ4n) is 2.51. The minimum absolute atomic E-state index is 0.176. The molecule has 7 heteroatoms. The third-order valence-electron chi connectivity index (χ3n) is 4.09. The smallest absolute Gasteiger partial charge is 0.326 e. The maximum atomic E-state index is 12.4. The van der Waals surface area contributed by atoms with Gasteiger partial charge in [-0.15, -0.1) is 0 Å². The zero-order valence-electron chi connectivity index (χ0n) is 15.8. The summed E-state index contributed by atoms with van der Waals surface area (Å²) in [5.74, 6) is -1.96. The molecule has 0 aliphatic heterocycles. The van der Waals surface area contributed by atoms with E-state index in [4.69, 9.17) is 5.73 Å². The number of carboxylic acid groups (broad SMARTS) is 1. The second-order valence-corrected chi connectivity index (χ2v) is 6.78. The SMILES string of the molecule is CCCCCCCC(=O)N[C@@H](CCCN)C(=O)N[C@@H](C(=O)O)C(C)C. The standard InChI is InChI=1S/C18H35N3O4/c1-4-5-6-7-8-11-15(22)20-14(10-9-12-19)17(23)21-16(13(2)3)18(24)25/h13-14,16H,4-12,19H2,1-3H3,(H,20,22)(H,21,23)(H,24,25)/t14-,16+/m0/s1. The lowest BCUT2D eigenvalue weighted by atomic mass is 10.0. The number of carboxylic acids is 1. The first-order chi connectivity index (χ1) is 11.8. The molecule has 0 unspecified atom stereocenters. The van der Waals surface area contributed by atoms with Crippen molar-refractivity contribution in [2.24, 2.45) is 11.7 Å². The fraction of sp³-hybridized carbons (Fsp3) is 0.833. The van der Waals surface area contributed by atoms with E-state index in [0.717, 1.165) is 32.1 Å². The van der Waals surface area contributed by atoms with Gasteiger partial charge in [-0.2, -0.15) is 0 Å². The molecule has 7 nitrogen and oxygen atoms in total. The molecule has 0 rings (SSSR count). The number of nitrogens with two attached hydrogens (primary N) is 1. The van der Waals surface area contributed by atoms with Crippen LogP contribution in [0, 0.1) is 5.92 Å². The Balaban J connectivity index is 4.57. The van der Waals surface area contributed by atoms with Crippen molar-refractivity contribution in [1.29, 1.82) is 0 Å². The van der Waals surface area contributed by atoms with E-state index in [2.05, 4.69) is 17.6 Å². The summed E-state index contributed by atoms with van der Waals surface area (Å²) < 4.78 is 0. The van der Waals surface area contributed by atoms with Crippen LogP contribution in [0.5, 0.6) is 0 Å². The highest BCUT2D eigenvalue weighted by Crippen LogP contribution is 2.07. The Hall–Kier alpha value is -1.63. The van der Waals surface area contributed by atoms with Crippen molar-refractivity contribution in [1.82, 2.24) is 10.6 Å². The van der Waals surface area contributed by atoms with E-state index in [1.807, 2.05) is 0 Å². The van der Waals surface area contributed by atoms with Crippen LogP contribution in [0.2, 0.25) is 0 Å². The number of hydrogen-bond acceptors (Lipinski definition) is 4. The van der Waals surface area contributed by atoms with Crippen LogP contribution in [0.4, 0.5) is 0 Å². The third kappa shape index (κ3) is 10.8. The van der Waals surface area contributed by atoms with E-state index < -0.39 is 24.0 Å². The van der Waals surface area contributed by atoms with Gasteiger partial charge in [0.25, 0.3) is 0 Å². The van der Waals surface area contributed by atoms with E-state index in [-0.39, 0.29) is 11.8 Å². The lowest BCUT2D eigenvalue weighted by molar-refractivity contribution is -0.143. The number of aliphatic carboxylic acids is 1. The zero-order chi connectivity index (χ0) is 19.2. The van der Waals surface area contributed by atoms with Crippen LogP contribution in [0.3, 0.4) is 0 Å². The first-order valence-electron chi connectivity index (χ1n) is 9.36. The Bertz CT molecular complexity index is 413. The van der Waals surface area contributed by atoms with E-state index in [1.54, 1.807) is 13.8 Å². The summed E-state index contributed by atoms with van der Waals surface area (Å²) >= 11 is 0. The van der Waals surface area contributed by atoms with Crippen LogP contribution in [0.15, 0.2) is 0 Å². The summed E-state index contributed by atoms with van der Waals surface area (Å²) in [6, 6.07) is -1.72. The molecule has 0 saturated heterocycles. The summed E-state index contributed by atoms with van der Waals surface area (Å²) in [6.07, 6.45) is 6.56. The lowest BCUT2D eigenvalue weighted by Crippen LogP contribution is -2.53. The molecular weight excluding hydrogens is 322 g/mol. The predicted molar refractivity (Wildman–Crippen MR) is 98.0 cm³/mol. The van der Waals surface area contributed by atoms with Gasteiger partial charge in [-0.25, -0.2) is 4.79 Å². The van der Waals surface area contributed by atoms with E-state index in [0.29, 0.717) is 25.8 Å². The van der Waals surface area contributed by atoms with Crippen molar-refractivity contribution >= 4 is 17.8 Å². The van der Waals surface area contributed by atoms with Gasteiger partial charge in [-0.3, -0.25) is 9.59 Å². The third-order valence-corrected chi connectivity index (χ3v) is 4.09. The van der Waals surface area contributed by atoms with Gasteiger partial charge in [-0.05, 0) is 31.7 Å². The second-order valence-electron chi connectivity index (χ2n) is 6.78. The summed E-state index contributed by atoms with van der Waals surface area (Å²) in [6.45, 7) is 5.99. The zero-order valence-corrected chi connectivity index (χ0v) is 15.8. The molecule has 0 heterocycles. The summed E-state index contributed by atoms with van der Waals surface area (Å²) in [5, 5.41) is 14.4. The molecule has 146 valence electrons. The normalized spacial score (nSPS) is 13.3.